The molecular formula is C25H22ClNO9S. The number of anilines is 1. The van der Waals surface area contributed by atoms with Crippen LogP contribution in [-0.4, -0.2) is 49.9 Å². The van der Waals surface area contributed by atoms with E-state index in [1.807, 2.05) is 0 Å². The third-order valence-electron chi connectivity index (χ3n) is 4.89. The summed E-state index contributed by atoms with van der Waals surface area (Å²) in [6, 6.07) is 7.49. The summed E-state index contributed by atoms with van der Waals surface area (Å²) in [5.74, 6) is -2.56. The Morgan fingerprint density at radius 2 is 1.70 bits per heavy atom. The second-order valence-corrected chi connectivity index (χ2v) is 8.77. The second kappa shape index (κ2) is 12.3. The molecule has 0 aliphatic rings. The van der Waals surface area contributed by atoms with Crippen molar-refractivity contribution in [1.82, 2.24) is 0 Å². The fourth-order valence-electron chi connectivity index (χ4n) is 3.22. The van der Waals surface area contributed by atoms with Crippen LogP contribution in [0.25, 0.3) is 11.3 Å². The monoisotopic (exact) mass is 547 g/mol. The van der Waals surface area contributed by atoms with Gasteiger partial charge in [-0.05, 0) is 56.7 Å². The van der Waals surface area contributed by atoms with Crippen LogP contribution in [0.5, 0.6) is 0 Å². The predicted molar refractivity (Wildman–Crippen MR) is 134 cm³/mol. The maximum absolute atomic E-state index is 12.6. The Hall–Kier alpha value is -3.96. The van der Waals surface area contributed by atoms with Gasteiger partial charge in [-0.25, -0.2) is 14.4 Å². The minimum Gasteiger partial charge on any atom is -0.462 e. The lowest BCUT2D eigenvalue weighted by molar-refractivity contribution is -0.119. The molecule has 0 saturated carbocycles. The van der Waals surface area contributed by atoms with Crippen LogP contribution in [0.15, 0.2) is 34.7 Å². The zero-order valence-corrected chi connectivity index (χ0v) is 21.6. The molecule has 37 heavy (non-hydrogen) atoms. The van der Waals surface area contributed by atoms with Crippen LogP contribution < -0.4 is 5.32 Å². The quantitative estimate of drug-likeness (QED) is 0.212. The molecule has 3 aromatic rings. The minimum absolute atomic E-state index is 0.0125. The minimum atomic E-state index is -0.885. The molecule has 10 nitrogen and oxygen atoms in total. The number of aldehydes is 1. The highest BCUT2D eigenvalue weighted by Gasteiger charge is 2.27. The van der Waals surface area contributed by atoms with Gasteiger partial charge in [-0.15, -0.1) is 11.3 Å². The van der Waals surface area contributed by atoms with Gasteiger partial charge < -0.3 is 23.9 Å². The summed E-state index contributed by atoms with van der Waals surface area (Å²) in [5, 5.41) is 2.63. The number of amides is 1. The summed E-state index contributed by atoms with van der Waals surface area (Å²) in [7, 11) is 0. The van der Waals surface area contributed by atoms with E-state index in [1.165, 1.54) is 25.1 Å². The zero-order valence-electron chi connectivity index (χ0n) is 20.0. The molecule has 0 fully saturated rings. The summed E-state index contributed by atoms with van der Waals surface area (Å²) < 4.78 is 20.5. The van der Waals surface area contributed by atoms with Crippen molar-refractivity contribution in [2.45, 2.75) is 20.8 Å². The largest absolute Gasteiger partial charge is 0.462 e. The first kappa shape index (κ1) is 27.6. The van der Waals surface area contributed by atoms with Gasteiger partial charge in [0.1, 0.15) is 15.6 Å². The lowest BCUT2D eigenvalue weighted by Gasteiger charge is -2.09. The molecule has 0 spiro atoms. The highest BCUT2D eigenvalue weighted by molar-refractivity contribution is 7.18. The third-order valence-corrected chi connectivity index (χ3v) is 6.41. The molecule has 0 atom stereocenters. The van der Waals surface area contributed by atoms with E-state index in [0.29, 0.717) is 23.2 Å². The molecule has 0 radical (unpaired) electrons. The Bertz CT molecular complexity index is 1360. The van der Waals surface area contributed by atoms with Gasteiger partial charge in [0.2, 0.25) is 0 Å². The number of rotatable bonds is 10. The standard InChI is InChI=1S/C25H22ClNO9S/c1-4-33-24(31)20-13(3)21(25(32)34-5-2)37-22(20)27-19(29)12-35-23(30)16-10-14(6-8-17(16)26)18-9-7-15(11-28)36-18/h6-11H,4-5,12H2,1-3H3,(H,27,29). The molecule has 3 rings (SSSR count). The lowest BCUT2D eigenvalue weighted by atomic mass is 10.1. The van der Waals surface area contributed by atoms with E-state index < -0.39 is 30.4 Å². The van der Waals surface area contributed by atoms with Crippen LogP contribution in [0, 0.1) is 6.92 Å². The number of nitrogens with one attached hydrogen (secondary N) is 1. The van der Waals surface area contributed by atoms with Crippen LogP contribution in [0.4, 0.5) is 5.00 Å². The molecule has 0 bridgehead atoms. The van der Waals surface area contributed by atoms with E-state index in [-0.39, 0.29) is 45.0 Å². The fraction of sp³-hybridized carbons (Fsp3) is 0.240. The summed E-state index contributed by atoms with van der Waals surface area (Å²) in [6.45, 7) is 4.31. The van der Waals surface area contributed by atoms with Gasteiger partial charge in [0.05, 0.1) is 29.4 Å². The number of ether oxygens (including phenoxy) is 3. The summed E-state index contributed by atoms with van der Waals surface area (Å²) in [4.78, 5) is 61.0. The van der Waals surface area contributed by atoms with Crippen LogP contribution in [0.2, 0.25) is 5.02 Å². The summed E-state index contributed by atoms with van der Waals surface area (Å²) in [6.07, 6.45) is 0.547. The van der Waals surface area contributed by atoms with Gasteiger partial charge >= 0.3 is 17.9 Å². The molecule has 194 valence electrons. The smallest absolute Gasteiger partial charge is 0.348 e. The first-order chi connectivity index (χ1) is 17.7. The number of hydrogen-bond donors (Lipinski definition) is 1. The van der Waals surface area contributed by atoms with Crippen molar-refractivity contribution in [1.29, 1.82) is 0 Å². The molecule has 12 heteroatoms. The first-order valence-corrected chi connectivity index (χ1v) is 12.2. The van der Waals surface area contributed by atoms with Crippen LogP contribution in [-0.2, 0) is 19.0 Å². The second-order valence-electron chi connectivity index (χ2n) is 7.34. The molecule has 0 aliphatic carbocycles. The Morgan fingerprint density at radius 3 is 2.35 bits per heavy atom. The predicted octanol–water partition coefficient (Wildman–Crippen LogP) is 4.93. The van der Waals surface area contributed by atoms with Gasteiger partial charge in [-0.1, -0.05) is 11.6 Å². The fourth-order valence-corrected chi connectivity index (χ4v) is 4.52. The van der Waals surface area contributed by atoms with Crippen molar-refractivity contribution in [3.05, 3.63) is 62.7 Å². The number of esters is 3. The number of furan rings is 1. The Kier molecular flexibility index (Phi) is 9.20. The molecule has 1 amide bonds. The van der Waals surface area contributed by atoms with Crippen molar-refractivity contribution < 1.29 is 42.6 Å². The molecule has 2 aromatic heterocycles. The maximum atomic E-state index is 12.6. The number of halogens is 1. The van der Waals surface area contributed by atoms with Crippen molar-refractivity contribution in [3.63, 3.8) is 0 Å². The van der Waals surface area contributed by atoms with Crippen molar-refractivity contribution in [2.75, 3.05) is 25.1 Å². The number of thiophene rings is 1. The Labute approximate surface area is 220 Å². The van der Waals surface area contributed by atoms with Crippen LogP contribution in [0.1, 0.15) is 60.4 Å². The van der Waals surface area contributed by atoms with Crippen molar-refractivity contribution in [2.24, 2.45) is 0 Å². The molecule has 1 aromatic carbocycles. The average Bonchev–Trinajstić information content (AvgIpc) is 3.47. The summed E-state index contributed by atoms with van der Waals surface area (Å²) in [5.41, 5.74) is 0.750. The van der Waals surface area contributed by atoms with E-state index in [0.717, 1.165) is 11.3 Å². The van der Waals surface area contributed by atoms with Gasteiger partial charge in [0, 0.05) is 5.56 Å². The molecule has 0 aliphatic heterocycles. The number of carbonyl (C=O) groups is 5. The van der Waals surface area contributed by atoms with Gasteiger partial charge in [0.15, 0.2) is 18.7 Å². The first-order valence-electron chi connectivity index (χ1n) is 11.0. The molecular weight excluding hydrogens is 526 g/mol. The van der Waals surface area contributed by atoms with Crippen LogP contribution >= 0.6 is 22.9 Å². The van der Waals surface area contributed by atoms with E-state index in [4.69, 9.17) is 30.2 Å². The van der Waals surface area contributed by atoms with Gasteiger partial charge in [-0.2, -0.15) is 0 Å². The third kappa shape index (κ3) is 6.43. The van der Waals surface area contributed by atoms with Gasteiger partial charge in [0.25, 0.3) is 5.91 Å². The highest BCUT2D eigenvalue weighted by Crippen LogP contribution is 2.34. The zero-order chi connectivity index (χ0) is 27.1. The van der Waals surface area contributed by atoms with Crippen molar-refractivity contribution >= 4 is 58.0 Å². The molecule has 1 N–H and O–H groups in total. The summed E-state index contributed by atoms with van der Waals surface area (Å²) >= 11 is 6.98. The number of carbonyl (C=O) groups excluding carboxylic acids is 5. The maximum Gasteiger partial charge on any atom is 0.348 e. The Morgan fingerprint density at radius 1 is 1.00 bits per heavy atom. The molecule has 2 heterocycles. The highest BCUT2D eigenvalue weighted by atomic mass is 35.5. The van der Waals surface area contributed by atoms with E-state index in [2.05, 4.69) is 5.32 Å². The molecule has 0 saturated heterocycles. The average molecular weight is 548 g/mol. The SMILES string of the molecule is CCOC(=O)c1sc(NC(=O)COC(=O)c2cc(-c3ccc(C=O)o3)ccc2Cl)c(C(=O)OCC)c1C. The molecule has 0 unspecified atom stereocenters. The van der Waals surface area contributed by atoms with Crippen molar-refractivity contribution in [3.8, 4) is 11.3 Å². The number of hydrogen-bond acceptors (Lipinski definition) is 10. The van der Waals surface area contributed by atoms with Crippen LogP contribution in [0.3, 0.4) is 0 Å². The van der Waals surface area contributed by atoms with E-state index >= 15 is 0 Å². The lowest BCUT2D eigenvalue weighted by Crippen LogP contribution is -2.22. The Balaban J connectivity index is 1.75. The number of benzene rings is 1. The van der Waals surface area contributed by atoms with Gasteiger partial charge in [-0.3, -0.25) is 9.59 Å². The topological polar surface area (TPSA) is 138 Å². The van der Waals surface area contributed by atoms with E-state index in [9.17, 15) is 24.0 Å². The van der Waals surface area contributed by atoms with E-state index in [1.54, 1.807) is 26.0 Å². The normalized spacial score (nSPS) is 10.5.